The second-order valence-corrected chi connectivity index (χ2v) is 9.61. The summed E-state index contributed by atoms with van der Waals surface area (Å²) in [6.07, 6.45) is 2.34. The minimum Gasteiger partial charge on any atom is -0.505 e. The molecule has 1 aromatic carbocycles. The molecule has 0 aliphatic carbocycles. The smallest absolute Gasteiger partial charge is 0.339 e. The fraction of sp³-hybridized carbons (Fsp3) is 0.174. The van der Waals surface area contributed by atoms with Gasteiger partial charge in [0.25, 0.3) is 0 Å². The molecule has 0 fully saturated rings. The fourth-order valence-electron chi connectivity index (χ4n) is 3.20. The number of thiophene rings is 1. The number of hydrogen-bond acceptors (Lipinski definition) is 7. The summed E-state index contributed by atoms with van der Waals surface area (Å²) in [5.41, 5.74) is 1.90. The number of carboxylic acids is 1. The van der Waals surface area contributed by atoms with Gasteiger partial charge in [-0.25, -0.2) is 19.2 Å². The van der Waals surface area contributed by atoms with Crippen molar-refractivity contribution in [3.05, 3.63) is 64.2 Å². The van der Waals surface area contributed by atoms with Gasteiger partial charge in [-0.1, -0.05) is 19.9 Å². The number of benzene rings is 1. The second kappa shape index (κ2) is 9.05. The van der Waals surface area contributed by atoms with E-state index in [4.69, 9.17) is 0 Å². The fourth-order valence-corrected chi connectivity index (χ4v) is 5.10. The van der Waals surface area contributed by atoms with Gasteiger partial charge in [0.2, 0.25) is 0 Å². The molecular weight excluding hydrogens is 449 g/mol. The molecule has 0 spiro atoms. The highest BCUT2D eigenvalue weighted by molar-refractivity contribution is 7.16. The molecule has 6 nitrogen and oxygen atoms in total. The van der Waals surface area contributed by atoms with Crippen molar-refractivity contribution in [1.82, 2.24) is 9.97 Å². The zero-order valence-electron chi connectivity index (χ0n) is 17.3. The molecule has 0 aliphatic heterocycles. The molecule has 0 saturated carbocycles. The van der Waals surface area contributed by atoms with E-state index in [1.54, 1.807) is 18.3 Å². The molecular formula is C23H20FN3O3S2. The van der Waals surface area contributed by atoms with Crippen LogP contribution in [0, 0.1) is 11.7 Å². The van der Waals surface area contributed by atoms with E-state index in [0.717, 1.165) is 15.3 Å². The first kappa shape index (κ1) is 21.9. The molecule has 4 aromatic rings. The number of carbonyl (C=O) groups is 1. The van der Waals surface area contributed by atoms with Crippen LogP contribution in [0.25, 0.3) is 21.7 Å². The van der Waals surface area contributed by atoms with Crippen LogP contribution >= 0.6 is 22.7 Å². The zero-order valence-corrected chi connectivity index (χ0v) is 18.9. The van der Waals surface area contributed by atoms with Crippen LogP contribution in [0.4, 0.5) is 15.3 Å². The Morgan fingerprint density at radius 1 is 1.22 bits per heavy atom. The Labute approximate surface area is 192 Å². The molecule has 3 N–H and O–H groups in total. The van der Waals surface area contributed by atoms with Crippen molar-refractivity contribution in [2.24, 2.45) is 5.92 Å². The third-order valence-electron chi connectivity index (χ3n) is 4.66. The zero-order chi connectivity index (χ0) is 22.8. The van der Waals surface area contributed by atoms with Crippen molar-refractivity contribution in [2.45, 2.75) is 20.3 Å². The molecule has 3 aromatic heterocycles. The van der Waals surface area contributed by atoms with E-state index in [1.165, 1.54) is 34.8 Å². The Bertz CT molecular complexity index is 1270. The molecule has 0 atom stereocenters. The molecule has 0 unspecified atom stereocenters. The molecule has 32 heavy (non-hydrogen) atoms. The quantitative estimate of drug-likeness (QED) is 0.289. The van der Waals surface area contributed by atoms with Crippen molar-refractivity contribution in [2.75, 3.05) is 5.32 Å². The molecule has 0 aliphatic rings. The molecule has 9 heteroatoms. The van der Waals surface area contributed by atoms with E-state index in [9.17, 15) is 19.4 Å². The minimum atomic E-state index is -1.10. The largest absolute Gasteiger partial charge is 0.505 e. The number of halogens is 1. The van der Waals surface area contributed by atoms with Gasteiger partial charge in [0.15, 0.2) is 16.7 Å². The second-order valence-electron chi connectivity index (χ2n) is 7.58. The van der Waals surface area contributed by atoms with Gasteiger partial charge in [-0.15, -0.1) is 22.7 Å². The topological polar surface area (TPSA) is 95.3 Å². The predicted octanol–water partition coefficient (Wildman–Crippen LogP) is 6.42. The number of hydrogen-bond donors (Lipinski definition) is 3. The Balaban J connectivity index is 1.72. The number of aromatic nitrogens is 2. The Hall–Kier alpha value is -3.30. The highest BCUT2D eigenvalue weighted by Gasteiger charge is 2.19. The van der Waals surface area contributed by atoms with Crippen LogP contribution in [-0.2, 0) is 6.42 Å². The highest BCUT2D eigenvalue weighted by atomic mass is 32.1. The molecule has 0 amide bonds. The number of nitrogens with one attached hydrogen (secondary N) is 1. The van der Waals surface area contributed by atoms with Crippen molar-refractivity contribution in [3.63, 3.8) is 0 Å². The van der Waals surface area contributed by atoms with E-state index in [2.05, 4.69) is 29.1 Å². The van der Waals surface area contributed by atoms with Crippen LogP contribution in [-0.4, -0.2) is 26.2 Å². The molecule has 3 heterocycles. The average molecular weight is 470 g/mol. The summed E-state index contributed by atoms with van der Waals surface area (Å²) in [6, 6.07) is 9.53. The number of rotatable bonds is 7. The number of nitrogens with zero attached hydrogens (tertiary/aromatic N) is 2. The van der Waals surface area contributed by atoms with Crippen molar-refractivity contribution in [3.8, 4) is 27.4 Å². The van der Waals surface area contributed by atoms with Gasteiger partial charge in [-0.05, 0) is 48.1 Å². The molecule has 164 valence electrons. The number of aromatic carboxylic acids is 1. The summed E-state index contributed by atoms with van der Waals surface area (Å²) >= 11 is 2.88. The van der Waals surface area contributed by atoms with Gasteiger partial charge in [-0.2, -0.15) is 0 Å². The first-order valence-corrected chi connectivity index (χ1v) is 11.5. The lowest BCUT2D eigenvalue weighted by molar-refractivity contribution is 0.0697. The lowest BCUT2D eigenvalue weighted by Gasteiger charge is -2.07. The van der Waals surface area contributed by atoms with Gasteiger partial charge in [-0.3, -0.25) is 0 Å². The lowest BCUT2D eigenvalue weighted by atomic mass is 10.0. The SMILES string of the molecule is CC(C)Cc1sc(Nc2ncc(-c3cccs3)cc2C(=O)O)nc1-c1ccc(O)c(F)c1. The maximum Gasteiger partial charge on any atom is 0.339 e. The first-order chi connectivity index (χ1) is 15.3. The number of phenolic OH excluding ortho intramolecular Hbond substituents is 1. The average Bonchev–Trinajstić information content (AvgIpc) is 3.40. The maximum absolute atomic E-state index is 13.9. The summed E-state index contributed by atoms with van der Waals surface area (Å²) < 4.78 is 13.9. The standard InChI is InChI=1S/C23H20FN3O3S2/c1-12(2)8-19-20(13-5-6-17(28)16(24)10-13)26-23(32-19)27-21-15(22(29)30)9-14(11-25-21)18-4-3-7-31-18/h3-7,9-12,28H,8H2,1-2H3,(H,29,30)(H,25,26,27). The lowest BCUT2D eigenvalue weighted by Crippen LogP contribution is -2.05. The third-order valence-corrected chi connectivity index (χ3v) is 6.57. The normalized spacial score (nSPS) is 11.1. The van der Waals surface area contributed by atoms with Gasteiger partial charge < -0.3 is 15.5 Å². The number of pyridine rings is 1. The van der Waals surface area contributed by atoms with E-state index in [-0.39, 0.29) is 11.4 Å². The van der Waals surface area contributed by atoms with Gasteiger partial charge >= 0.3 is 5.97 Å². The van der Waals surface area contributed by atoms with E-state index in [1.807, 2.05) is 17.5 Å². The predicted molar refractivity (Wildman–Crippen MR) is 126 cm³/mol. The van der Waals surface area contributed by atoms with Crippen LogP contribution in [0.2, 0.25) is 0 Å². The van der Waals surface area contributed by atoms with Crippen molar-refractivity contribution < 1.29 is 19.4 Å². The van der Waals surface area contributed by atoms with Crippen molar-refractivity contribution in [1.29, 1.82) is 0 Å². The van der Waals surface area contributed by atoms with E-state index in [0.29, 0.717) is 28.7 Å². The van der Waals surface area contributed by atoms with Gasteiger partial charge in [0.05, 0.1) is 5.69 Å². The summed E-state index contributed by atoms with van der Waals surface area (Å²) in [6.45, 7) is 4.14. The van der Waals surface area contributed by atoms with Crippen LogP contribution in [0.5, 0.6) is 5.75 Å². The summed E-state index contributed by atoms with van der Waals surface area (Å²) in [4.78, 5) is 22.7. The Morgan fingerprint density at radius 3 is 2.69 bits per heavy atom. The molecule has 4 rings (SSSR count). The third kappa shape index (κ3) is 4.63. The monoisotopic (exact) mass is 469 g/mol. The number of phenols is 1. The number of thiazole rings is 1. The van der Waals surface area contributed by atoms with Crippen LogP contribution < -0.4 is 5.32 Å². The summed E-state index contributed by atoms with van der Waals surface area (Å²) in [5.74, 6) is -1.72. The van der Waals surface area contributed by atoms with Gasteiger partial charge in [0, 0.05) is 27.1 Å². The van der Waals surface area contributed by atoms with Crippen LogP contribution in [0.3, 0.4) is 0 Å². The van der Waals surface area contributed by atoms with Gasteiger partial charge in [0.1, 0.15) is 11.4 Å². The number of aromatic hydroxyl groups is 1. The Kier molecular flexibility index (Phi) is 6.20. The number of anilines is 2. The summed E-state index contributed by atoms with van der Waals surface area (Å²) in [5, 5.41) is 24.6. The molecule has 0 radical (unpaired) electrons. The van der Waals surface area contributed by atoms with Crippen LogP contribution in [0.15, 0.2) is 48.0 Å². The minimum absolute atomic E-state index is 0.0359. The van der Waals surface area contributed by atoms with E-state index < -0.39 is 17.5 Å². The Morgan fingerprint density at radius 2 is 2.03 bits per heavy atom. The molecule has 0 saturated heterocycles. The first-order valence-electron chi connectivity index (χ1n) is 9.84. The maximum atomic E-state index is 13.9. The highest BCUT2D eigenvalue weighted by Crippen LogP contribution is 2.36. The molecule has 0 bridgehead atoms. The number of carboxylic acid groups (broad SMARTS) is 1. The summed E-state index contributed by atoms with van der Waals surface area (Å²) in [7, 11) is 0. The van der Waals surface area contributed by atoms with E-state index >= 15 is 0 Å². The van der Waals surface area contributed by atoms with Crippen molar-refractivity contribution >= 4 is 39.6 Å². The van der Waals surface area contributed by atoms with Crippen LogP contribution in [0.1, 0.15) is 29.1 Å².